The molecule has 0 bridgehead atoms. The zero-order valence-electron chi connectivity index (χ0n) is 15.3. The number of aliphatic hydroxyl groups is 1. The standard InChI is InChI=1S/C22H27NO2/c1-16-8-10-17(11-9-16)22(24)20-7-5-4-6-19(20)21(25-22)14-12-18(13-15-21)23(2)3/h4-11,18,24H,12-15H2,1-3H3/t18?,21?,22-/m1/s1. The first-order chi connectivity index (χ1) is 11.9. The van der Waals surface area contributed by atoms with Crippen LogP contribution in [0.15, 0.2) is 48.5 Å². The van der Waals surface area contributed by atoms with Crippen molar-refractivity contribution in [3.63, 3.8) is 0 Å². The second-order valence-corrected chi connectivity index (χ2v) is 7.85. The van der Waals surface area contributed by atoms with E-state index in [0.717, 1.165) is 42.4 Å². The summed E-state index contributed by atoms with van der Waals surface area (Å²) in [6.45, 7) is 2.06. The minimum absolute atomic E-state index is 0.372. The number of aryl methyl sites for hydroxylation is 1. The van der Waals surface area contributed by atoms with E-state index in [2.05, 4.69) is 38.1 Å². The molecule has 2 aromatic carbocycles. The van der Waals surface area contributed by atoms with Crippen molar-refractivity contribution in [3.05, 3.63) is 70.8 Å². The molecule has 1 atom stereocenters. The molecule has 0 radical (unpaired) electrons. The van der Waals surface area contributed by atoms with Crippen molar-refractivity contribution in [2.24, 2.45) is 0 Å². The van der Waals surface area contributed by atoms with Gasteiger partial charge in [-0.1, -0.05) is 54.1 Å². The van der Waals surface area contributed by atoms with Gasteiger partial charge in [0.1, 0.15) is 0 Å². The van der Waals surface area contributed by atoms with E-state index in [4.69, 9.17) is 4.74 Å². The average Bonchev–Trinajstić information content (AvgIpc) is 2.86. The molecular weight excluding hydrogens is 310 g/mol. The molecule has 132 valence electrons. The molecule has 0 saturated heterocycles. The second-order valence-electron chi connectivity index (χ2n) is 7.85. The summed E-state index contributed by atoms with van der Waals surface area (Å²) >= 11 is 0. The van der Waals surface area contributed by atoms with Crippen LogP contribution in [-0.4, -0.2) is 30.1 Å². The Balaban J connectivity index is 1.75. The Morgan fingerprint density at radius 2 is 1.56 bits per heavy atom. The summed E-state index contributed by atoms with van der Waals surface area (Å²) in [4.78, 5) is 2.31. The lowest BCUT2D eigenvalue weighted by Crippen LogP contribution is -2.41. The van der Waals surface area contributed by atoms with Crippen LogP contribution < -0.4 is 0 Å². The third-order valence-electron chi connectivity index (χ3n) is 6.06. The fraction of sp³-hybridized carbons (Fsp3) is 0.455. The Kier molecular flexibility index (Phi) is 3.99. The fourth-order valence-corrected chi connectivity index (χ4v) is 4.52. The van der Waals surface area contributed by atoms with Crippen molar-refractivity contribution in [2.45, 2.75) is 50.0 Å². The van der Waals surface area contributed by atoms with Crippen LogP contribution in [0.3, 0.4) is 0 Å². The van der Waals surface area contributed by atoms with Crippen LogP contribution in [0.1, 0.15) is 47.9 Å². The van der Waals surface area contributed by atoms with Crippen molar-refractivity contribution in [2.75, 3.05) is 14.1 Å². The molecule has 0 amide bonds. The maximum atomic E-state index is 11.6. The molecule has 1 fully saturated rings. The van der Waals surface area contributed by atoms with E-state index < -0.39 is 5.79 Å². The van der Waals surface area contributed by atoms with Crippen LogP contribution in [0.4, 0.5) is 0 Å². The van der Waals surface area contributed by atoms with Gasteiger partial charge in [0, 0.05) is 17.2 Å². The first-order valence-electron chi connectivity index (χ1n) is 9.21. The van der Waals surface area contributed by atoms with Gasteiger partial charge in [0.25, 0.3) is 0 Å². The topological polar surface area (TPSA) is 32.7 Å². The molecular formula is C22H27NO2. The number of benzene rings is 2. The monoisotopic (exact) mass is 337 g/mol. The molecule has 2 aromatic rings. The third kappa shape index (κ3) is 2.62. The van der Waals surface area contributed by atoms with Crippen LogP contribution in [0.5, 0.6) is 0 Å². The predicted octanol–water partition coefficient (Wildman–Crippen LogP) is 3.92. The maximum absolute atomic E-state index is 11.6. The minimum atomic E-state index is -1.35. The van der Waals surface area contributed by atoms with Gasteiger partial charge in [0.2, 0.25) is 5.79 Å². The summed E-state index contributed by atoms with van der Waals surface area (Å²) in [6.07, 6.45) is 4.07. The predicted molar refractivity (Wildman–Crippen MR) is 99.3 cm³/mol. The highest BCUT2D eigenvalue weighted by Gasteiger charge is 2.54. The van der Waals surface area contributed by atoms with Crippen LogP contribution in [0.25, 0.3) is 0 Å². The Morgan fingerprint density at radius 1 is 0.960 bits per heavy atom. The van der Waals surface area contributed by atoms with Gasteiger partial charge >= 0.3 is 0 Å². The molecule has 3 nitrogen and oxygen atoms in total. The van der Waals surface area contributed by atoms with Crippen LogP contribution >= 0.6 is 0 Å². The van der Waals surface area contributed by atoms with Gasteiger partial charge < -0.3 is 14.7 Å². The zero-order chi connectivity index (χ0) is 17.7. The molecule has 1 spiro atoms. The lowest BCUT2D eigenvalue weighted by atomic mass is 9.77. The summed E-state index contributed by atoms with van der Waals surface area (Å²) in [7, 11) is 4.30. The summed E-state index contributed by atoms with van der Waals surface area (Å²) in [6, 6.07) is 16.8. The van der Waals surface area contributed by atoms with Crippen LogP contribution in [-0.2, 0) is 16.1 Å². The molecule has 2 aliphatic rings. The number of hydrogen-bond acceptors (Lipinski definition) is 3. The molecule has 1 saturated carbocycles. The van der Waals surface area contributed by atoms with Gasteiger partial charge in [0.15, 0.2) is 0 Å². The number of ether oxygens (including phenoxy) is 1. The smallest absolute Gasteiger partial charge is 0.221 e. The van der Waals surface area contributed by atoms with Gasteiger partial charge in [-0.2, -0.15) is 0 Å². The van der Waals surface area contributed by atoms with E-state index in [-0.39, 0.29) is 5.60 Å². The largest absolute Gasteiger partial charge is 0.358 e. The Morgan fingerprint density at radius 3 is 2.16 bits per heavy atom. The molecule has 4 rings (SSSR count). The van der Waals surface area contributed by atoms with Gasteiger partial charge in [0.05, 0.1) is 5.60 Å². The maximum Gasteiger partial charge on any atom is 0.221 e. The van der Waals surface area contributed by atoms with Crippen molar-refractivity contribution >= 4 is 0 Å². The molecule has 25 heavy (non-hydrogen) atoms. The summed E-state index contributed by atoms with van der Waals surface area (Å²) < 4.78 is 6.54. The molecule has 1 heterocycles. The number of hydrogen-bond donors (Lipinski definition) is 1. The van der Waals surface area contributed by atoms with E-state index in [1.165, 1.54) is 5.56 Å². The van der Waals surface area contributed by atoms with Gasteiger partial charge in [-0.05, 0) is 52.3 Å². The summed E-state index contributed by atoms with van der Waals surface area (Å²) in [5.41, 5.74) is 3.69. The summed E-state index contributed by atoms with van der Waals surface area (Å²) in [5.74, 6) is -1.35. The van der Waals surface area contributed by atoms with E-state index in [0.29, 0.717) is 6.04 Å². The fourth-order valence-electron chi connectivity index (χ4n) is 4.52. The van der Waals surface area contributed by atoms with Gasteiger partial charge in [-0.25, -0.2) is 0 Å². The van der Waals surface area contributed by atoms with Crippen LogP contribution in [0.2, 0.25) is 0 Å². The lowest BCUT2D eigenvalue weighted by Gasteiger charge is -2.40. The highest BCUT2D eigenvalue weighted by molar-refractivity contribution is 5.46. The molecule has 0 aromatic heterocycles. The number of fused-ring (bicyclic) bond motifs is 2. The average molecular weight is 337 g/mol. The molecule has 1 aliphatic heterocycles. The number of nitrogens with zero attached hydrogens (tertiary/aromatic N) is 1. The quantitative estimate of drug-likeness (QED) is 0.901. The highest BCUT2D eigenvalue weighted by Crippen LogP contribution is 2.55. The Labute approximate surface area is 150 Å². The van der Waals surface area contributed by atoms with Gasteiger partial charge in [-0.15, -0.1) is 0 Å². The van der Waals surface area contributed by atoms with E-state index in [1.54, 1.807) is 0 Å². The van der Waals surface area contributed by atoms with E-state index >= 15 is 0 Å². The number of rotatable bonds is 2. The first-order valence-corrected chi connectivity index (χ1v) is 9.21. The third-order valence-corrected chi connectivity index (χ3v) is 6.06. The highest BCUT2D eigenvalue weighted by atomic mass is 16.6. The zero-order valence-corrected chi connectivity index (χ0v) is 15.3. The SMILES string of the molecule is Cc1ccc([C@@]2(O)OC3(CCC(N(C)C)CC3)c3ccccc32)cc1. The Hall–Kier alpha value is -1.68. The van der Waals surface area contributed by atoms with Gasteiger partial charge in [-0.3, -0.25) is 0 Å². The van der Waals surface area contributed by atoms with Crippen molar-refractivity contribution < 1.29 is 9.84 Å². The summed E-state index contributed by atoms with van der Waals surface area (Å²) in [5, 5.41) is 11.6. The molecule has 1 N–H and O–H groups in total. The molecule has 1 aliphatic carbocycles. The van der Waals surface area contributed by atoms with Crippen molar-refractivity contribution in [3.8, 4) is 0 Å². The van der Waals surface area contributed by atoms with E-state index in [9.17, 15) is 5.11 Å². The normalized spacial score (nSPS) is 31.5. The van der Waals surface area contributed by atoms with Crippen LogP contribution in [0, 0.1) is 6.92 Å². The lowest BCUT2D eigenvalue weighted by molar-refractivity contribution is -0.243. The van der Waals surface area contributed by atoms with Crippen molar-refractivity contribution in [1.82, 2.24) is 4.90 Å². The molecule has 0 unspecified atom stereocenters. The second kappa shape index (κ2) is 5.94. The van der Waals surface area contributed by atoms with Crippen molar-refractivity contribution in [1.29, 1.82) is 0 Å². The Bertz CT molecular complexity index is 760. The molecule has 3 heteroatoms. The first kappa shape index (κ1) is 16.8. The minimum Gasteiger partial charge on any atom is -0.358 e. The van der Waals surface area contributed by atoms with E-state index in [1.807, 2.05) is 36.4 Å².